The van der Waals surface area contributed by atoms with Gasteiger partial charge in [0, 0.05) is 11.8 Å². The number of allylic oxidation sites excluding steroid dienone is 2. The number of rotatable bonds is 8. The van der Waals surface area contributed by atoms with Crippen molar-refractivity contribution in [2.75, 3.05) is 0 Å². The lowest BCUT2D eigenvalue weighted by molar-refractivity contribution is 0.0996. The van der Waals surface area contributed by atoms with Gasteiger partial charge in [-0.1, -0.05) is 56.4 Å². The molecule has 5 heteroatoms. The Morgan fingerprint density at radius 3 is 2.70 bits per heavy atom. The minimum absolute atomic E-state index is 0.139. The van der Waals surface area contributed by atoms with Crippen LogP contribution in [-0.4, -0.2) is 21.8 Å². The summed E-state index contributed by atoms with van der Waals surface area (Å²) < 4.78 is 2.07. The van der Waals surface area contributed by atoms with Crippen LogP contribution in [0.15, 0.2) is 64.6 Å². The highest BCUT2D eigenvalue weighted by atomic mass is 32.1. The van der Waals surface area contributed by atoms with Crippen LogP contribution in [0.1, 0.15) is 78.8 Å². The summed E-state index contributed by atoms with van der Waals surface area (Å²) in [5.41, 5.74) is 5.33. The third kappa shape index (κ3) is 5.25. The smallest absolute Gasteiger partial charge is 0.178 e. The minimum Gasteiger partial charge on any atom is -0.293 e. The zero-order valence-corrected chi connectivity index (χ0v) is 19.9. The highest BCUT2D eigenvalue weighted by molar-refractivity contribution is 7.12. The molecule has 1 fully saturated rings. The fraction of sp³-hybridized carbons (Fsp3) is 0.393. The highest BCUT2D eigenvalue weighted by Crippen LogP contribution is 2.33. The molecule has 170 valence electrons. The van der Waals surface area contributed by atoms with E-state index in [1.807, 2.05) is 29.8 Å². The molecule has 1 saturated carbocycles. The molecule has 0 N–H and O–H groups in total. The van der Waals surface area contributed by atoms with E-state index in [0.717, 1.165) is 58.4 Å². The predicted molar refractivity (Wildman–Crippen MR) is 136 cm³/mol. The van der Waals surface area contributed by atoms with Crippen LogP contribution in [0.5, 0.6) is 0 Å². The van der Waals surface area contributed by atoms with Crippen molar-refractivity contribution in [3.05, 3.63) is 75.9 Å². The van der Waals surface area contributed by atoms with E-state index >= 15 is 0 Å². The van der Waals surface area contributed by atoms with Crippen molar-refractivity contribution in [1.29, 1.82) is 0 Å². The van der Waals surface area contributed by atoms with E-state index in [1.165, 1.54) is 49.9 Å². The topological polar surface area (TPSA) is 47.2 Å². The first-order valence-corrected chi connectivity index (χ1v) is 13.1. The fourth-order valence-electron chi connectivity index (χ4n) is 5.07. The number of ketones is 1. The molecule has 33 heavy (non-hydrogen) atoms. The molecular weight excluding hydrogens is 426 g/mol. The molecule has 1 aromatic carbocycles. The molecule has 0 atom stereocenters. The third-order valence-electron chi connectivity index (χ3n) is 6.85. The molecule has 0 saturated heterocycles. The van der Waals surface area contributed by atoms with E-state index in [0.29, 0.717) is 6.42 Å². The maximum atomic E-state index is 12.9. The van der Waals surface area contributed by atoms with Gasteiger partial charge < -0.3 is 0 Å². The number of aliphatic imine (C=N–C) groups is 1. The Balaban J connectivity index is 1.47. The summed E-state index contributed by atoms with van der Waals surface area (Å²) in [5.74, 6) is 0.974. The third-order valence-corrected chi connectivity index (χ3v) is 7.76. The number of aromatic nitrogens is 2. The number of Topliss-reactive ketones (excluding diaryl/α,β-unsaturated/α-hetero) is 1. The van der Waals surface area contributed by atoms with Gasteiger partial charge in [-0.25, -0.2) is 4.68 Å². The summed E-state index contributed by atoms with van der Waals surface area (Å²) in [4.78, 5) is 18.4. The van der Waals surface area contributed by atoms with E-state index < -0.39 is 0 Å². The lowest BCUT2D eigenvalue weighted by atomic mass is 9.86. The van der Waals surface area contributed by atoms with Crippen LogP contribution in [0.2, 0.25) is 0 Å². The van der Waals surface area contributed by atoms with Gasteiger partial charge in [0.1, 0.15) is 0 Å². The molecule has 1 aliphatic carbocycles. The summed E-state index contributed by atoms with van der Waals surface area (Å²) in [6.45, 7) is 0. The second-order valence-corrected chi connectivity index (χ2v) is 10.1. The van der Waals surface area contributed by atoms with Gasteiger partial charge in [-0.05, 0) is 61.2 Å². The monoisotopic (exact) mass is 457 g/mol. The van der Waals surface area contributed by atoms with Crippen LogP contribution in [0.4, 0.5) is 0 Å². The quantitative estimate of drug-likeness (QED) is 0.333. The van der Waals surface area contributed by atoms with Crippen LogP contribution < -0.4 is 0 Å². The van der Waals surface area contributed by atoms with E-state index in [9.17, 15) is 4.79 Å². The normalized spacial score (nSPS) is 17.0. The molecule has 0 spiro atoms. The fourth-order valence-corrected chi connectivity index (χ4v) is 5.74. The average Bonchev–Trinajstić information content (AvgIpc) is 3.55. The molecule has 0 unspecified atom stereocenters. The van der Waals surface area contributed by atoms with Crippen molar-refractivity contribution >= 4 is 28.9 Å². The first-order chi connectivity index (χ1) is 16.3. The second kappa shape index (κ2) is 10.4. The number of carbonyl (C=O) groups is 1. The molecule has 4 nitrogen and oxygen atoms in total. The Morgan fingerprint density at radius 2 is 1.91 bits per heavy atom. The first kappa shape index (κ1) is 22.0. The van der Waals surface area contributed by atoms with Gasteiger partial charge in [0.15, 0.2) is 5.78 Å². The van der Waals surface area contributed by atoms with Gasteiger partial charge in [0.05, 0.1) is 34.1 Å². The van der Waals surface area contributed by atoms with Crippen molar-refractivity contribution in [1.82, 2.24) is 9.78 Å². The molecule has 0 radical (unpaired) electrons. The van der Waals surface area contributed by atoms with E-state index in [1.54, 1.807) is 0 Å². The number of hydrogen-bond acceptors (Lipinski definition) is 4. The summed E-state index contributed by atoms with van der Waals surface area (Å²) in [5, 5.41) is 7.01. The number of thiophene rings is 1. The van der Waals surface area contributed by atoms with Crippen LogP contribution in [-0.2, 0) is 6.42 Å². The van der Waals surface area contributed by atoms with E-state index in [-0.39, 0.29) is 5.78 Å². The Bertz CT molecular complexity index is 1140. The number of nitrogens with zero attached hydrogens (tertiary/aromatic N) is 3. The number of carbonyl (C=O) groups excluding carboxylic acids is 1. The standard InChI is InChI=1S/C28H31N3OS/c32-27(28-14-8-18-33-28)20-25-24(13-7-17-29-25)26-19-22(16-15-21-9-3-1-4-10-21)30-31(26)23-11-5-2-6-12-23/h2,5-6,8,11-12,14,17-19,21H,1,3-4,7,9-10,13,15-16,20H2. The average molecular weight is 458 g/mol. The molecule has 1 aliphatic heterocycles. The first-order valence-electron chi connectivity index (χ1n) is 12.2. The molecule has 2 aliphatic rings. The summed E-state index contributed by atoms with van der Waals surface area (Å²) in [6, 6.07) is 16.4. The number of aryl methyl sites for hydroxylation is 1. The molecule has 5 rings (SSSR count). The van der Waals surface area contributed by atoms with E-state index in [2.05, 4.69) is 35.0 Å². The zero-order chi connectivity index (χ0) is 22.5. The van der Waals surface area contributed by atoms with Crippen LogP contribution >= 0.6 is 11.3 Å². The minimum atomic E-state index is 0.139. The number of hydrogen-bond donors (Lipinski definition) is 0. The van der Waals surface area contributed by atoms with Gasteiger partial charge in [0.2, 0.25) is 0 Å². The van der Waals surface area contributed by atoms with Crippen molar-refractivity contribution in [3.8, 4) is 5.69 Å². The van der Waals surface area contributed by atoms with Crippen LogP contribution in [0.3, 0.4) is 0 Å². The predicted octanol–water partition coefficient (Wildman–Crippen LogP) is 7.30. The molecule has 3 aromatic rings. The van der Waals surface area contributed by atoms with E-state index in [4.69, 9.17) is 10.1 Å². The molecular formula is C28H31N3OS. The van der Waals surface area contributed by atoms with Gasteiger partial charge in [-0.15, -0.1) is 11.3 Å². The zero-order valence-electron chi connectivity index (χ0n) is 19.1. The van der Waals surface area contributed by atoms with Crippen LogP contribution in [0.25, 0.3) is 11.3 Å². The van der Waals surface area contributed by atoms with Crippen molar-refractivity contribution in [2.24, 2.45) is 10.9 Å². The van der Waals surface area contributed by atoms with Crippen molar-refractivity contribution in [3.63, 3.8) is 0 Å². The largest absolute Gasteiger partial charge is 0.293 e. The second-order valence-electron chi connectivity index (χ2n) is 9.16. The molecule has 3 heterocycles. The number of benzene rings is 1. The number of para-hydroxylation sites is 1. The lowest BCUT2D eigenvalue weighted by Crippen LogP contribution is -2.08. The summed E-state index contributed by atoms with van der Waals surface area (Å²) in [7, 11) is 0. The highest BCUT2D eigenvalue weighted by Gasteiger charge is 2.22. The Kier molecular flexibility index (Phi) is 6.96. The van der Waals surface area contributed by atoms with Crippen molar-refractivity contribution in [2.45, 2.75) is 64.2 Å². The molecule has 0 amide bonds. The lowest BCUT2D eigenvalue weighted by Gasteiger charge is -2.20. The maximum absolute atomic E-state index is 12.9. The van der Waals surface area contributed by atoms with Crippen molar-refractivity contribution < 1.29 is 4.79 Å². The Labute approximate surface area is 200 Å². The van der Waals surface area contributed by atoms with Gasteiger partial charge in [0.25, 0.3) is 0 Å². The molecule has 0 bridgehead atoms. The SMILES string of the molecule is O=C(CC1=C(c2cc(CCC3CCCCC3)nn2-c2ccccc2)CCC=N1)c1cccs1. The van der Waals surface area contributed by atoms with Gasteiger partial charge >= 0.3 is 0 Å². The van der Waals surface area contributed by atoms with Gasteiger partial charge in [-0.2, -0.15) is 5.10 Å². The Hall–Kier alpha value is -2.79. The van der Waals surface area contributed by atoms with Crippen LogP contribution in [0, 0.1) is 5.92 Å². The molecule has 2 aromatic heterocycles. The summed E-state index contributed by atoms with van der Waals surface area (Å²) in [6.07, 6.45) is 13.2. The summed E-state index contributed by atoms with van der Waals surface area (Å²) >= 11 is 1.50. The van der Waals surface area contributed by atoms with Gasteiger partial charge in [-0.3, -0.25) is 9.79 Å². The maximum Gasteiger partial charge on any atom is 0.178 e. The Morgan fingerprint density at radius 1 is 1.06 bits per heavy atom.